The first-order valence-electron chi connectivity index (χ1n) is 7.96. The van der Waals surface area contributed by atoms with Crippen LogP contribution in [-0.2, 0) is 4.79 Å². The molecule has 1 aromatic rings. The van der Waals surface area contributed by atoms with Crippen molar-refractivity contribution in [3.63, 3.8) is 0 Å². The minimum atomic E-state index is -0.433. The van der Waals surface area contributed by atoms with Gasteiger partial charge in [0.2, 0.25) is 5.91 Å². The zero-order valence-corrected chi connectivity index (χ0v) is 13.8. The van der Waals surface area contributed by atoms with Crippen LogP contribution >= 0.6 is 11.8 Å². The Balaban J connectivity index is 1.81. The zero-order valence-electron chi connectivity index (χ0n) is 13.0. The predicted octanol–water partition coefficient (Wildman–Crippen LogP) is 1.38. The van der Waals surface area contributed by atoms with Crippen molar-refractivity contribution >= 4 is 35.0 Å². The van der Waals surface area contributed by atoms with Gasteiger partial charge < -0.3 is 16.0 Å². The summed E-state index contributed by atoms with van der Waals surface area (Å²) in [7, 11) is 0. The van der Waals surface area contributed by atoms with E-state index in [4.69, 9.17) is 5.73 Å². The fourth-order valence-corrected chi connectivity index (χ4v) is 3.95. The molecule has 2 fully saturated rings. The maximum Gasteiger partial charge on any atom is 0.250 e. The molecule has 2 saturated heterocycles. The molecule has 0 aliphatic carbocycles. The van der Waals surface area contributed by atoms with Crippen LogP contribution in [0.2, 0.25) is 0 Å². The minimum absolute atomic E-state index is 0.0357. The summed E-state index contributed by atoms with van der Waals surface area (Å²) >= 11 is 1.71. The first kappa shape index (κ1) is 16.1. The van der Waals surface area contributed by atoms with Gasteiger partial charge in [-0.1, -0.05) is 0 Å². The minimum Gasteiger partial charge on any atom is -0.371 e. The van der Waals surface area contributed by atoms with Gasteiger partial charge in [0, 0.05) is 30.4 Å². The fourth-order valence-electron chi connectivity index (χ4n) is 3.01. The van der Waals surface area contributed by atoms with Gasteiger partial charge in [-0.3, -0.25) is 14.9 Å². The Labute approximate surface area is 140 Å². The number of thioether (sulfide) groups is 1. The summed E-state index contributed by atoms with van der Waals surface area (Å²) in [6.45, 7) is 1.83. The summed E-state index contributed by atoms with van der Waals surface area (Å²) in [4.78, 5) is 26.1. The molecule has 0 spiro atoms. The molecule has 3 rings (SSSR count). The molecule has 4 N–H and O–H groups in total. The average Bonchev–Trinajstić information content (AvgIpc) is 3.10. The molecule has 2 aliphatic heterocycles. The van der Waals surface area contributed by atoms with Gasteiger partial charge in [0.15, 0.2) is 0 Å². The van der Waals surface area contributed by atoms with Crippen LogP contribution in [0.15, 0.2) is 18.2 Å². The van der Waals surface area contributed by atoms with Crippen LogP contribution in [0.3, 0.4) is 0 Å². The Bertz CT molecular complexity index is 596. The Morgan fingerprint density at radius 3 is 2.70 bits per heavy atom. The highest BCUT2D eigenvalue weighted by molar-refractivity contribution is 7.99. The van der Waals surface area contributed by atoms with E-state index in [0.717, 1.165) is 43.2 Å². The molecule has 0 radical (unpaired) electrons. The van der Waals surface area contributed by atoms with Crippen LogP contribution in [0.25, 0.3) is 0 Å². The number of amides is 2. The molecule has 2 amide bonds. The Kier molecular flexibility index (Phi) is 5.07. The number of hydrogen-bond acceptors (Lipinski definition) is 5. The highest BCUT2D eigenvalue weighted by Crippen LogP contribution is 2.27. The van der Waals surface area contributed by atoms with Crippen LogP contribution in [0.5, 0.6) is 0 Å². The van der Waals surface area contributed by atoms with Crippen molar-refractivity contribution in [3.8, 4) is 0 Å². The van der Waals surface area contributed by atoms with Crippen LogP contribution in [0.4, 0.5) is 11.4 Å². The number of carbonyl (C=O) groups excluding carboxylic acids is 2. The third kappa shape index (κ3) is 3.79. The van der Waals surface area contributed by atoms with E-state index in [1.54, 1.807) is 23.9 Å². The van der Waals surface area contributed by atoms with Crippen molar-refractivity contribution < 1.29 is 9.59 Å². The molecule has 1 unspecified atom stereocenters. The number of piperidine rings is 1. The molecule has 0 saturated carbocycles. The van der Waals surface area contributed by atoms with Crippen LogP contribution in [0.1, 0.15) is 29.6 Å². The Morgan fingerprint density at radius 2 is 2.04 bits per heavy atom. The molecular formula is C16H22N4O2S. The van der Waals surface area contributed by atoms with Gasteiger partial charge >= 0.3 is 0 Å². The second-order valence-electron chi connectivity index (χ2n) is 5.90. The normalized spacial score (nSPS) is 21.2. The van der Waals surface area contributed by atoms with Gasteiger partial charge in [-0.15, -0.1) is 11.8 Å². The fraction of sp³-hybridized carbons (Fsp3) is 0.500. The van der Waals surface area contributed by atoms with E-state index in [1.165, 1.54) is 6.42 Å². The summed E-state index contributed by atoms with van der Waals surface area (Å²) in [5, 5.41) is 6.09. The summed E-state index contributed by atoms with van der Waals surface area (Å²) < 4.78 is 0. The van der Waals surface area contributed by atoms with E-state index in [9.17, 15) is 9.59 Å². The molecule has 6 nitrogen and oxygen atoms in total. The molecule has 0 bridgehead atoms. The molecule has 7 heteroatoms. The maximum atomic E-state index is 12.2. The molecule has 23 heavy (non-hydrogen) atoms. The quantitative estimate of drug-likeness (QED) is 0.774. The van der Waals surface area contributed by atoms with Crippen molar-refractivity contribution in [2.75, 3.05) is 34.9 Å². The van der Waals surface area contributed by atoms with Crippen molar-refractivity contribution in [1.29, 1.82) is 0 Å². The second kappa shape index (κ2) is 7.23. The first-order valence-corrected chi connectivity index (χ1v) is 9.11. The van der Waals surface area contributed by atoms with Gasteiger partial charge in [0.1, 0.15) is 0 Å². The number of anilines is 2. The van der Waals surface area contributed by atoms with Gasteiger partial charge in [0.25, 0.3) is 5.91 Å². The van der Waals surface area contributed by atoms with E-state index < -0.39 is 5.91 Å². The molecule has 1 aromatic carbocycles. The Hall–Kier alpha value is -1.73. The van der Waals surface area contributed by atoms with Gasteiger partial charge in [-0.25, -0.2) is 0 Å². The van der Waals surface area contributed by atoms with E-state index in [1.807, 2.05) is 6.07 Å². The van der Waals surface area contributed by atoms with E-state index in [-0.39, 0.29) is 11.9 Å². The predicted molar refractivity (Wildman–Crippen MR) is 93.9 cm³/mol. The highest BCUT2D eigenvalue weighted by Gasteiger charge is 2.23. The largest absolute Gasteiger partial charge is 0.371 e. The lowest BCUT2D eigenvalue weighted by Crippen LogP contribution is -2.37. The third-order valence-corrected chi connectivity index (χ3v) is 5.20. The van der Waals surface area contributed by atoms with E-state index in [0.29, 0.717) is 11.3 Å². The molecule has 2 aliphatic rings. The summed E-state index contributed by atoms with van der Waals surface area (Å²) in [6, 6.07) is 5.16. The molecular weight excluding hydrogens is 312 g/mol. The number of nitrogens with one attached hydrogen (secondary N) is 2. The van der Waals surface area contributed by atoms with Gasteiger partial charge in [-0.2, -0.15) is 0 Å². The van der Waals surface area contributed by atoms with Crippen LogP contribution < -0.4 is 21.3 Å². The molecule has 2 heterocycles. The number of benzene rings is 1. The summed E-state index contributed by atoms with van der Waals surface area (Å²) in [5.41, 5.74) is 7.55. The molecule has 0 aromatic heterocycles. The SMILES string of the molecule is NC(=O)c1ccc(NC(=O)C2CSCN2)cc1N1CCCCC1. The number of carbonyl (C=O) groups is 2. The van der Waals surface area contributed by atoms with E-state index >= 15 is 0 Å². The lowest BCUT2D eigenvalue weighted by atomic mass is 10.1. The topological polar surface area (TPSA) is 87.5 Å². The van der Waals surface area contributed by atoms with E-state index in [2.05, 4.69) is 15.5 Å². The van der Waals surface area contributed by atoms with Crippen molar-refractivity contribution in [2.45, 2.75) is 25.3 Å². The second-order valence-corrected chi connectivity index (χ2v) is 6.94. The van der Waals surface area contributed by atoms with Crippen molar-refractivity contribution in [1.82, 2.24) is 5.32 Å². The number of rotatable bonds is 4. The third-order valence-electron chi connectivity index (χ3n) is 4.26. The summed E-state index contributed by atoms with van der Waals surface area (Å²) in [6.07, 6.45) is 3.43. The van der Waals surface area contributed by atoms with Crippen molar-refractivity contribution in [2.24, 2.45) is 5.73 Å². The number of nitrogens with zero attached hydrogens (tertiary/aromatic N) is 1. The first-order chi connectivity index (χ1) is 11.1. The zero-order chi connectivity index (χ0) is 16.2. The van der Waals surface area contributed by atoms with Crippen LogP contribution in [-0.4, -0.2) is 42.6 Å². The van der Waals surface area contributed by atoms with Crippen LogP contribution in [0, 0.1) is 0 Å². The van der Waals surface area contributed by atoms with Gasteiger partial charge in [-0.05, 0) is 37.5 Å². The molecule has 1 atom stereocenters. The standard InChI is InChI=1S/C16H22N4O2S/c17-15(21)12-5-4-11(19-16(22)13-9-23-10-18-13)8-14(12)20-6-2-1-3-7-20/h4-5,8,13,18H,1-3,6-7,9-10H2,(H2,17,21)(H,19,22). The maximum absolute atomic E-state index is 12.2. The number of hydrogen-bond donors (Lipinski definition) is 3. The Morgan fingerprint density at radius 1 is 1.26 bits per heavy atom. The monoisotopic (exact) mass is 334 g/mol. The smallest absolute Gasteiger partial charge is 0.250 e. The lowest BCUT2D eigenvalue weighted by molar-refractivity contribution is -0.117. The average molecular weight is 334 g/mol. The number of primary amides is 1. The van der Waals surface area contributed by atoms with Gasteiger partial charge in [0.05, 0.1) is 17.3 Å². The summed E-state index contributed by atoms with van der Waals surface area (Å²) in [5.74, 6) is 1.12. The lowest BCUT2D eigenvalue weighted by Gasteiger charge is -2.30. The van der Waals surface area contributed by atoms with Crippen molar-refractivity contribution in [3.05, 3.63) is 23.8 Å². The highest BCUT2D eigenvalue weighted by atomic mass is 32.2. The molecule has 124 valence electrons. The number of nitrogens with two attached hydrogens (primary N) is 1.